The summed E-state index contributed by atoms with van der Waals surface area (Å²) in [7, 11) is 0. The number of ether oxygens (including phenoxy) is 2. The quantitative estimate of drug-likeness (QED) is 0.329. The maximum Gasteiger partial charge on any atom is 0.227 e. The second-order valence-corrected chi connectivity index (χ2v) is 9.10. The lowest BCUT2D eigenvalue weighted by Crippen LogP contribution is -2.37. The van der Waals surface area contributed by atoms with Crippen LogP contribution in [0.15, 0.2) is 73.3 Å². The van der Waals surface area contributed by atoms with Crippen LogP contribution in [0.3, 0.4) is 0 Å². The van der Waals surface area contributed by atoms with Crippen molar-refractivity contribution in [2.45, 2.75) is 57.8 Å². The lowest BCUT2D eigenvalue weighted by atomic mass is 10.1. The van der Waals surface area contributed by atoms with Gasteiger partial charge in [-0.25, -0.2) is 4.68 Å². The summed E-state index contributed by atoms with van der Waals surface area (Å²) in [6.07, 6.45) is 6.04. The first-order chi connectivity index (χ1) is 17.2. The van der Waals surface area contributed by atoms with Crippen LogP contribution in [0.1, 0.15) is 43.9 Å². The third-order valence-electron chi connectivity index (χ3n) is 6.35. The van der Waals surface area contributed by atoms with Crippen molar-refractivity contribution in [1.82, 2.24) is 14.7 Å². The van der Waals surface area contributed by atoms with Gasteiger partial charge in [0.1, 0.15) is 5.75 Å². The molecule has 0 bridgehead atoms. The van der Waals surface area contributed by atoms with Crippen LogP contribution >= 0.6 is 0 Å². The molecule has 1 aliphatic heterocycles. The fourth-order valence-corrected chi connectivity index (χ4v) is 4.57. The maximum atomic E-state index is 10.7. The van der Waals surface area contributed by atoms with Crippen molar-refractivity contribution in [2.24, 2.45) is 0 Å². The Labute approximate surface area is 208 Å². The largest absolute Gasteiger partial charge is 0.439 e. The molecule has 6 nitrogen and oxygen atoms in total. The molecule has 1 aliphatic rings. The second-order valence-electron chi connectivity index (χ2n) is 9.10. The Balaban J connectivity index is 1.68. The number of aliphatic hydroxyl groups excluding tert-OH is 1. The SMILES string of the molecule is C=CCC[C@@H](O)CN(Cc1c(CC)nn(-c2ccccc2)c1Oc1ccccc1)C[C@H]1CCCO1. The average molecular weight is 476 g/mol. The van der Waals surface area contributed by atoms with Crippen LogP contribution in [0.2, 0.25) is 0 Å². The molecule has 0 unspecified atom stereocenters. The zero-order chi connectivity index (χ0) is 24.5. The Hall–Kier alpha value is -2.93. The Morgan fingerprint density at radius 2 is 1.94 bits per heavy atom. The van der Waals surface area contributed by atoms with Crippen LogP contribution in [0.5, 0.6) is 11.6 Å². The average Bonchev–Trinajstić information content (AvgIpc) is 3.52. The van der Waals surface area contributed by atoms with Gasteiger partial charge in [0, 0.05) is 26.2 Å². The zero-order valence-electron chi connectivity index (χ0n) is 20.7. The number of aryl methyl sites for hydroxylation is 1. The van der Waals surface area contributed by atoms with Crippen molar-refractivity contribution in [3.63, 3.8) is 0 Å². The van der Waals surface area contributed by atoms with E-state index in [1.807, 2.05) is 71.4 Å². The topological polar surface area (TPSA) is 59.8 Å². The minimum atomic E-state index is -0.429. The van der Waals surface area contributed by atoms with Crippen LogP contribution in [-0.4, -0.2) is 51.7 Å². The molecular weight excluding hydrogens is 438 g/mol. The maximum absolute atomic E-state index is 10.7. The van der Waals surface area contributed by atoms with Gasteiger partial charge < -0.3 is 14.6 Å². The van der Waals surface area contributed by atoms with Crippen LogP contribution in [0, 0.1) is 0 Å². The number of hydrogen-bond donors (Lipinski definition) is 1. The number of aliphatic hydroxyl groups is 1. The number of para-hydroxylation sites is 2. The van der Waals surface area contributed by atoms with E-state index in [0.717, 1.165) is 67.4 Å². The van der Waals surface area contributed by atoms with E-state index in [2.05, 4.69) is 18.4 Å². The second kappa shape index (κ2) is 12.7. The molecule has 1 N–H and O–H groups in total. The van der Waals surface area contributed by atoms with Crippen molar-refractivity contribution in [3.05, 3.63) is 84.6 Å². The molecule has 186 valence electrons. The van der Waals surface area contributed by atoms with Gasteiger partial charge in [-0.3, -0.25) is 4.90 Å². The predicted molar refractivity (Wildman–Crippen MR) is 139 cm³/mol. The van der Waals surface area contributed by atoms with Crippen LogP contribution < -0.4 is 4.74 Å². The number of allylic oxidation sites excluding steroid dienone is 1. The molecule has 0 amide bonds. The first-order valence-electron chi connectivity index (χ1n) is 12.7. The standard InChI is InChI=1S/C29H37N3O3/c1-3-5-15-24(33)20-31(21-26-18-12-19-34-26)22-27-28(4-2)30-32(23-13-8-6-9-14-23)29(27)35-25-16-10-7-11-17-25/h3,6-11,13-14,16-17,24,26,33H,1,4-5,12,15,18-22H2,2H3/t24-,26-/m1/s1. The first kappa shape index (κ1) is 25.2. The molecule has 1 saturated heterocycles. The van der Waals surface area contributed by atoms with E-state index in [4.69, 9.17) is 14.6 Å². The summed E-state index contributed by atoms with van der Waals surface area (Å²) in [6.45, 7) is 8.70. The number of benzene rings is 2. The molecule has 0 aliphatic carbocycles. The number of hydrogen-bond acceptors (Lipinski definition) is 5. The van der Waals surface area contributed by atoms with Crippen molar-refractivity contribution in [1.29, 1.82) is 0 Å². The van der Waals surface area contributed by atoms with Crippen LogP contribution in [-0.2, 0) is 17.7 Å². The monoisotopic (exact) mass is 475 g/mol. The molecule has 4 rings (SSSR count). The molecule has 1 aromatic heterocycles. The van der Waals surface area contributed by atoms with Gasteiger partial charge in [-0.2, -0.15) is 5.10 Å². The molecule has 3 aromatic rings. The molecule has 0 radical (unpaired) electrons. The van der Waals surface area contributed by atoms with Gasteiger partial charge in [0.05, 0.1) is 29.2 Å². The highest BCUT2D eigenvalue weighted by Crippen LogP contribution is 2.32. The molecule has 0 spiro atoms. The fraction of sp³-hybridized carbons (Fsp3) is 0.414. The third-order valence-corrected chi connectivity index (χ3v) is 6.35. The Kier molecular flexibility index (Phi) is 9.12. The molecule has 0 saturated carbocycles. The lowest BCUT2D eigenvalue weighted by Gasteiger charge is -2.27. The minimum Gasteiger partial charge on any atom is -0.439 e. The summed E-state index contributed by atoms with van der Waals surface area (Å²) in [5.74, 6) is 1.49. The Morgan fingerprint density at radius 3 is 2.60 bits per heavy atom. The highest BCUT2D eigenvalue weighted by atomic mass is 16.5. The van der Waals surface area contributed by atoms with Crippen molar-refractivity contribution >= 4 is 0 Å². The fourth-order valence-electron chi connectivity index (χ4n) is 4.57. The lowest BCUT2D eigenvalue weighted by molar-refractivity contribution is 0.0441. The van der Waals surface area contributed by atoms with Gasteiger partial charge in [0.25, 0.3) is 0 Å². The van der Waals surface area contributed by atoms with E-state index in [-0.39, 0.29) is 6.10 Å². The van der Waals surface area contributed by atoms with Crippen molar-refractivity contribution in [2.75, 3.05) is 19.7 Å². The highest BCUT2D eigenvalue weighted by molar-refractivity contribution is 5.43. The van der Waals surface area contributed by atoms with E-state index in [1.165, 1.54) is 0 Å². The summed E-state index contributed by atoms with van der Waals surface area (Å²) in [5.41, 5.74) is 3.00. The van der Waals surface area contributed by atoms with Gasteiger partial charge >= 0.3 is 0 Å². The highest BCUT2D eigenvalue weighted by Gasteiger charge is 2.26. The normalized spacial score (nSPS) is 16.5. The molecule has 2 heterocycles. The summed E-state index contributed by atoms with van der Waals surface area (Å²) in [6, 6.07) is 19.9. The molecule has 1 fully saturated rings. The Morgan fingerprint density at radius 1 is 1.20 bits per heavy atom. The molecule has 2 atom stereocenters. The van der Waals surface area contributed by atoms with E-state index >= 15 is 0 Å². The number of rotatable bonds is 13. The molecule has 35 heavy (non-hydrogen) atoms. The van der Waals surface area contributed by atoms with Crippen LogP contribution in [0.4, 0.5) is 0 Å². The smallest absolute Gasteiger partial charge is 0.227 e. The summed E-state index contributed by atoms with van der Waals surface area (Å²) in [4.78, 5) is 2.30. The molecular formula is C29H37N3O3. The van der Waals surface area contributed by atoms with E-state index in [9.17, 15) is 5.11 Å². The zero-order valence-corrected chi connectivity index (χ0v) is 20.7. The van der Waals surface area contributed by atoms with Gasteiger partial charge in [0.15, 0.2) is 0 Å². The number of aromatic nitrogens is 2. The van der Waals surface area contributed by atoms with Crippen molar-refractivity contribution < 1.29 is 14.6 Å². The van der Waals surface area contributed by atoms with Gasteiger partial charge in [0.2, 0.25) is 5.88 Å². The first-order valence-corrected chi connectivity index (χ1v) is 12.7. The van der Waals surface area contributed by atoms with Crippen LogP contribution in [0.25, 0.3) is 5.69 Å². The summed E-state index contributed by atoms with van der Waals surface area (Å²) >= 11 is 0. The molecule has 6 heteroatoms. The minimum absolute atomic E-state index is 0.189. The van der Waals surface area contributed by atoms with Gasteiger partial charge in [-0.05, 0) is 56.4 Å². The van der Waals surface area contributed by atoms with Gasteiger partial charge in [-0.15, -0.1) is 6.58 Å². The van der Waals surface area contributed by atoms with E-state index in [1.54, 1.807) is 0 Å². The van der Waals surface area contributed by atoms with Gasteiger partial charge in [-0.1, -0.05) is 49.4 Å². The van der Waals surface area contributed by atoms with Crippen molar-refractivity contribution in [3.8, 4) is 17.3 Å². The van der Waals surface area contributed by atoms with E-state index in [0.29, 0.717) is 19.5 Å². The van der Waals surface area contributed by atoms with E-state index < -0.39 is 6.10 Å². The Bertz CT molecular complexity index is 1050. The summed E-state index contributed by atoms with van der Waals surface area (Å²) < 4.78 is 14.3. The summed E-state index contributed by atoms with van der Waals surface area (Å²) in [5, 5.41) is 15.7. The third kappa shape index (κ3) is 6.82. The predicted octanol–water partition coefficient (Wildman–Crippen LogP) is 5.54. The molecule has 2 aromatic carbocycles. The number of nitrogens with zero attached hydrogens (tertiary/aromatic N) is 3.